The summed E-state index contributed by atoms with van der Waals surface area (Å²) < 4.78 is 1.32. The molecule has 0 saturated carbocycles. The van der Waals surface area contributed by atoms with Crippen molar-refractivity contribution in [2.24, 2.45) is 0 Å². The van der Waals surface area contributed by atoms with E-state index in [1.165, 1.54) is 23.5 Å². The third kappa shape index (κ3) is 2.53. The van der Waals surface area contributed by atoms with Crippen LogP contribution in [0.25, 0.3) is 5.69 Å². The molecule has 1 saturated heterocycles. The minimum Gasteiger partial charge on any atom is -0.384 e. The van der Waals surface area contributed by atoms with Crippen LogP contribution in [0.1, 0.15) is 39.1 Å². The first kappa shape index (κ1) is 15.6. The Labute approximate surface area is 144 Å². The topological polar surface area (TPSA) is 97.4 Å². The number of nitrogens with one attached hydrogen (secondary N) is 1. The highest BCUT2D eigenvalue weighted by atomic mass is 16.2. The summed E-state index contributed by atoms with van der Waals surface area (Å²) in [4.78, 5) is 38.7. The van der Waals surface area contributed by atoms with Gasteiger partial charge in [-0.2, -0.15) is 0 Å². The number of likely N-dealkylation sites (tertiary alicyclic amines) is 1. The van der Waals surface area contributed by atoms with Gasteiger partial charge in [-0.15, -0.1) is 0 Å². The fourth-order valence-corrected chi connectivity index (χ4v) is 3.57. The van der Waals surface area contributed by atoms with Crippen LogP contribution >= 0.6 is 0 Å². The van der Waals surface area contributed by atoms with E-state index in [2.05, 4.69) is 10.2 Å². The summed E-state index contributed by atoms with van der Waals surface area (Å²) in [6.45, 7) is 2.77. The van der Waals surface area contributed by atoms with Crippen molar-refractivity contribution >= 4 is 17.6 Å². The second-order valence-corrected chi connectivity index (χ2v) is 6.39. The van der Waals surface area contributed by atoms with E-state index in [1.54, 1.807) is 0 Å². The number of nitrogens with two attached hydrogens (primary N) is 1. The Morgan fingerprint density at radius 1 is 1.04 bits per heavy atom. The number of nitrogen functional groups attached to an aromatic ring is 1. The van der Waals surface area contributed by atoms with Crippen LogP contribution < -0.4 is 16.6 Å². The highest BCUT2D eigenvalue weighted by Crippen LogP contribution is 2.25. The fraction of sp³-hybridized carbons (Fsp3) is 0.278. The van der Waals surface area contributed by atoms with Gasteiger partial charge in [0.1, 0.15) is 5.82 Å². The number of carbonyl (C=O) groups is 2. The molecule has 7 nitrogen and oxygen atoms in total. The van der Waals surface area contributed by atoms with Crippen molar-refractivity contribution in [3.05, 3.63) is 57.4 Å². The van der Waals surface area contributed by atoms with Crippen molar-refractivity contribution in [2.45, 2.75) is 19.4 Å². The molecule has 4 rings (SSSR count). The fourth-order valence-electron chi connectivity index (χ4n) is 3.57. The molecule has 3 N–H and O–H groups in total. The summed E-state index contributed by atoms with van der Waals surface area (Å²) >= 11 is 0. The summed E-state index contributed by atoms with van der Waals surface area (Å²) in [5, 5.41) is 2.18. The third-order valence-corrected chi connectivity index (χ3v) is 4.78. The van der Waals surface area contributed by atoms with Crippen molar-refractivity contribution in [1.29, 1.82) is 0 Å². The van der Waals surface area contributed by atoms with Crippen molar-refractivity contribution in [1.82, 2.24) is 14.8 Å². The summed E-state index contributed by atoms with van der Waals surface area (Å²) in [5.41, 5.74) is 7.43. The van der Waals surface area contributed by atoms with Gasteiger partial charge in [-0.3, -0.25) is 29.2 Å². The number of hydrogen-bond acceptors (Lipinski definition) is 5. The molecule has 2 aliphatic rings. The number of benzene rings is 1. The van der Waals surface area contributed by atoms with Gasteiger partial charge in [0.2, 0.25) is 0 Å². The van der Waals surface area contributed by atoms with E-state index in [0.717, 1.165) is 18.7 Å². The Morgan fingerprint density at radius 3 is 2.52 bits per heavy atom. The minimum atomic E-state index is -0.582. The first-order valence-electron chi connectivity index (χ1n) is 8.28. The lowest BCUT2D eigenvalue weighted by Gasteiger charge is -2.19. The molecule has 2 aliphatic heterocycles. The Hall–Kier alpha value is -2.93. The van der Waals surface area contributed by atoms with Gasteiger partial charge in [0, 0.05) is 12.6 Å². The molecule has 25 heavy (non-hydrogen) atoms. The Morgan fingerprint density at radius 2 is 1.76 bits per heavy atom. The molecule has 3 heterocycles. The number of anilines is 1. The molecule has 2 aromatic rings. The number of carbonyl (C=O) groups excluding carboxylic acids is 2. The van der Waals surface area contributed by atoms with Crippen LogP contribution in [0.3, 0.4) is 0 Å². The Bertz CT molecular complexity index is 942. The second-order valence-electron chi connectivity index (χ2n) is 6.39. The minimum absolute atomic E-state index is 0.000257. The maximum atomic E-state index is 12.6. The number of aromatic nitrogens is 1. The maximum Gasteiger partial charge on any atom is 0.262 e. The van der Waals surface area contributed by atoms with Crippen molar-refractivity contribution in [3.8, 4) is 5.69 Å². The Kier molecular flexibility index (Phi) is 3.65. The normalized spacial score (nSPS) is 17.0. The second kappa shape index (κ2) is 5.86. The molecule has 0 aliphatic carbocycles. The number of pyridine rings is 1. The molecule has 1 fully saturated rings. The summed E-state index contributed by atoms with van der Waals surface area (Å²) in [5.74, 6) is -1.15. The molecule has 0 radical (unpaired) electrons. The number of para-hydroxylation sites is 1. The van der Waals surface area contributed by atoms with Gasteiger partial charge < -0.3 is 5.73 Å². The number of imide groups is 1. The van der Waals surface area contributed by atoms with Crippen LogP contribution in [0.2, 0.25) is 0 Å². The summed E-state index contributed by atoms with van der Waals surface area (Å²) in [6, 6.07) is 8.69. The molecular weight excluding hydrogens is 320 g/mol. The average Bonchev–Trinajstić information content (AvgIpc) is 3.17. The first-order chi connectivity index (χ1) is 12.1. The predicted octanol–water partition coefficient (Wildman–Crippen LogP) is 0.899. The standard InChI is InChI=1S/C18H18N4O3/c19-16-15-12(17(24)20-18(15)25)9-14(23)22(16)13-6-2-1-5-11(13)10-21-7-3-4-8-21/h1-2,5-6,9H,3-4,7-8,10,19H2,(H,20,24,25). The van der Waals surface area contributed by atoms with E-state index in [9.17, 15) is 14.4 Å². The number of rotatable bonds is 3. The largest absolute Gasteiger partial charge is 0.384 e. The van der Waals surface area contributed by atoms with E-state index in [0.29, 0.717) is 12.2 Å². The van der Waals surface area contributed by atoms with Crippen LogP contribution in [-0.2, 0) is 6.54 Å². The van der Waals surface area contributed by atoms with Gasteiger partial charge in [0.05, 0.1) is 16.8 Å². The Balaban J connectivity index is 1.86. The zero-order valence-corrected chi connectivity index (χ0v) is 13.6. The molecule has 0 bridgehead atoms. The van der Waals surface area contributed by atoms with E-state index < -0.39 is 17.4 Å². The molecule has 0 spiro atoms. The number of fused-ring (bicyclic) bond motifs is 1. The quantitative estimate of drug-likeness (QED) is 0.811. The third-order valence-electron chi connectivity index (χ3n) is 4.78. The number of nitrogens with zero attached hydrogens (tertiary/aromatic N) is 2. The maximum absolute atomic E-state index is 12.6. The SMILES string of the molecule is Nc1c2c(cc(=O)n1-c1ccccc1CN1CCCC1)C(=O)NC2=O. The van der Waals surface area contributed by atoms with Gasteiger partial charge in [-0.25, -0.2) is 0 Å². The van der Waals surface area contributed by atoms with Crippen LogP contribution in [0.4, 0.5) is 5.82 Å². The van der Waals surface area contributed by atoms with Crippen molar-refractivity contribution < 1.29 is 9.59 Å². The van der Waals surface area contributed by atoms with Gasteiger partial charge >= 0.3 is 0 Å². The van der Waals surface area contributed by atoms with Crippen molar-refractivity contribution in [2.75, 3.05) is 18.8 Å². The highest BCUT2D eigenvalue weighted by molar-refractivity contribution is 6.23. The highest BCUT2D eigenvalue weighted by Gasteiger charge is 2.32. The molecular formula is C18H18N4O3. The molecule has 0 atom stereocenters. The van der Waals surface area contributed by atoms with Gasteiger partial charge in [-0.1, -0.05) is 18.2 Å². The van der Waals surface area contributed by atoms with E-state index in [-0.39, 0.29) is 16.9 Å². The molecule has 128 valence electrons. The zero-order valence-electron chi connectivity index (χ0n) is 13.6. The lowest BCUT2D eigenvalue weighted by Crippen LogP contribution is -2.26. The monoisotopic (exact) mass is 338 g/mol. The first-order valence-corrected chi connectivity index (χ1v) is 8.28. The number of amides is 2. The van der Waals surface area contributed by atoms with E-state index >= 15 is 0 Å². The molecule has 1 aromatic carbocycles. The molecule has 1 aromatic heterocycles. The van der Waals surface area contributed by atoms with Gasteiger partial charge in [0.25, 0.3) is 17.4 Å². The molecule has 7 heteroatoms. The number of hydrogen-bond donors (Lipinski definition) is 2. The summed E-state index contributed by atoms with van der Waals surface area (Å²) in [7, 11) is 0. The average molecular weight is 338 g/mol. The van der Waals surface area contributed by atoms with Gasteiger partial charge in [0.15, 0.2) is 0 Å². The van der Waals surface area contributed by atoms with Gasteiger partial charge in [-0.05, 0) is 37.6 Å². The lowest BCUT2D eigenvalue weighted by molar-refractivity contribution is 0.0880. The lowest BCUT2D eigenvalue weighted by atomic mass is 10.1. The predicted molar refractivity (Wildman–Crippen MR) is 92.8 cm³/mol. The summed E-state index contributed by atoms with van der Waals surface area (Å²) in [6.07, 6.45) is 2.34. The van der Waals surface area contributed by atoms with Crippen LogP contribution in [0, 0.1) is 0 Å². The van der Waals surface area contributed by atoms with E-state index in [1.807, 2.05) is 24.3 Å². The van der Waals surface area contributed by atoms with Crippen LogP contribution in [0.15, 0.2) is 35.1 Å². The zero-order chi connectivity index (χ0) is 17.6. The van der Waals surface area contributed by atoms with Crippen LogP contribution in [-0.4, -0.2) is 34.4 Å². The smallest absolute Gasteiger partial charge is 0.262 e. The van der Waals surface area contributed by atoms with Crippen molar-refractivity contribution in [3.63, 3.8) is 0 Å². The van der Waals surface area contributed by atoms with E-state index in [4.69, 9.17) is 5.73 Å². The molecule has 0 unspecified atom stereocenters. The van der Waals surface area contributed by atoms with Crippen LogP contribution in [0.5, 0.6) is 0 Å². The molecule has 2 amide bonds.